The SMILES string of the molecule is CC(C)C1SC(Nc2ccc3[nH]ccc3c2)=NC1=O. The largest absolute Gasteiger partial charge is 0.361 e. The van der Waals surface area contributed by atoms with Crippen LogP contribution in [0.2, 0.25) is 0 Å². The molecule has 0 fully saturated rings. The van der Waals surface area contributed by atoms with Crippen LogP contribution in [0.1, 0.15) is 13.8 Å². The third kappa shape index (κ3) is 2.38. The van der Waals surface area contributed by atoms with Crippen LogP contribution in [0, 0.1) is 5.92 Å². The Kier molecular flexibility index (Phi) is 3.06. The molecule has 19 heavy (non-hydrogen) atoms. The highest BCUT2D eigenvalue weighted by Gasteiger charge is 2.30. The first kappa shape index (κ1) is 12.3. The van der Waals surface area contributed by atoms with Crippen molar-refractivity contribution in [3.63, 3.8) is 0 Å². The number of H-pyrrole nitrogens is 1. The summed E-state index contributed by atoms with van der Waals surface area (Å²) in [5.74, 6) is 0.262. The van der Waals surface area contributed by atoms with Crippen LogP contribution in [0.4, 0.5) is 5.69 Å². The number of carbonyl (C=O) groups is 1. The van der Waals surface area contributed by atoms with E-state index in [4.69, 9.17) is 0 Å². The number of benzene rings is 1. The molecule has 1 amide bonds. The predicted molar refractivity (Wildman–Crippen MR) is 80.6 cm³/mol. The first-order valence-electron chi connectivity index (χ1n) is 6.27. The molecule has 0 radical (unpaired) electrons. The maximum atomic E-state index is 11.7. The van der Waals surface area contributed by atoms with Crippen LogP contribution in [0.3, 0.4) is 0 Å². The number of aromatic nitrogens is 1. The Morgan fingerprint density at radius 3 is 2.95 bits per heavy atom. The van der Waals surface area contributed by atoms with Gasteiger partial charge in [-0.05, 0) is 30.2 Å². The Morgan fingerprint density at radius 1 is 1.37 bits per heavy atom. The number of amides is 1. The maximum absolute atomic E-state index is 11.7. The lowest BCUT2D eigenvalue weighted by Gasteiger charge is -2.10. The van der Waals surface area contributed by atoms with E-state index in [1.165, 1.54) is 11.8 Å². The standard InChI is InChI=1S/C14H15N3OS/c1-8(2)12-13(18)17-14(19-12)16-10-3-4-11-9(7-10)5-6-15-11/h3-8,12,15H,1-2H3,(H,16,17,18). The Hall–Kier alpha value is -1.75. The second-order valence-corrected chi connectivity index (χ2v) is 6.07. The van der Waals surface area contributed by atoms with Crippen LogP contribution in [0.15, 0.2) is 35.5 Å². The first-order chi connectivity index (χ1) is 9.13. The number of rotatable bonds is 2. The number of nitrogens with one attached hydrogen (secondary N) is 2. The molecule has 0 saturated heterocycles. The van der Waals surface area contributed by atoms with Gasteiger partial charge in [0.2, 0.25) is 0 Å². The summed E-state index contributed by atoms with van der Waals surface area (Å²) in [5.41, 5.74) is 2.05. The molecule has 0 aliphatic carbocycles. The second-order valence-electron chi connectivity index (χ2n) is 4.94. The molecule has 1 aliphatic heterocycles. The van der Waals surface area contributed by atoms with Crippen LogP contribution < -0.4 is 5.32 Å². The highest BCUT2D eigenvalue weighted by atomic mass is 32.2. The number of thioether (sulfide) groups is 1. The van der Waals surface area contributed by atoms with E-state index >= 15 is 0 Å². The number of hydrogen-bond acceptors (Lipinski definition) is 3. The van der Waals surface area contributed by atoms with Crippen molar-refractivity contribution in [1.29, 1.82) is 0 Å². The number of fused-ring (bicyclic) bond motifs is 1. The molecule has 2 heterocycles. The van der Waals surface area contributed by atoms with Crippen LogP contribution in [0.25, 0.3) is 10.9 Å². The third-order valence-corrected chi connectivity index (χ3v) is 4.52. The smallest absolute Gasteiger partial charge is 0.261 e. The van der Waals surface area contributed by atoms with Gasteiger partial charge in [0.1, 0.15) is 0 Å². The average molecular weight is 273 g/mol. The summed E-state index contributed by atoms with van der Waals surface area (Å²) < 4.78 is 0. The molecule has 4 nitrogen and oxygen atoms in total. The van der Waals surface area contributed by atoms with Crippen molar-refractivity contribution < 1.29 is 4.79 Å². The van der Waals surface area contributed by atoms with Gasteiger partial charge in [-0.15, -0.1) is 0 Å². The van der Waals surface area contributed by atoms with Gasteiger partial charge in [0, 0.05) is 22.8 Å². The third-order valence-electron chi connectivity index (χ3n) is 3.10. The van der Waals surface area contributed by atoms with E-state index in [1.807, 2.05) is 44.3 Å². The van der Waals surface area contributed by atoms with Crippen LogP contribution in [0.5, 0.6) is 0 Å². The summed E-state index contributed by atoms with van der Waals surface area (Å²) in [6, 6.07) is 8.06. The fourth-order valence-corrected chi connectivity index (χ4v) is 3.08. The van der Waals surface area contributed by atoms with E-state index in [0.717, 1.165) is 16.6 Å². The van der Waals surface area contributed by atoms with E-state index in [0.29, 0.717) is 11.1 Å². The predicted octanol–water partition coefficient (Wildman–Crippen LogP) is 3.23. The van der Waals surface area contributed by atoms with Crippen LogP contribution in [-0.2, 0) is 4.79 Å². The van der Waals surface area contributed by atoms with E-state index < -0.39 is 0 Å². The zero-order valence-electron chi connectivity index (χ0n) is 10.8. The fraction of sp³-hybridized carbons (Fsp3) is 0.286. The van der Waals surface area contributed by atoms with Gasteiger partial charge in [0.15, 0.2) is 5.17 Å². The minimum absolute atomic E-state index is 0.0368. The molecule has 1 unspecified atom stereocenters. The van der Waals surface area contributed by atoms with Gasteiger partial charge in [-0.2, -0.15) is 4.99 Å². The normalized spacial score (nSPS) is 19.2. The van der Waals surface area contributed by atoms with E-state index in [1.54, 1.807) is 0 Å². The lowest BCUT2D eigenvalue weighted by atomic mass is 10.1. The molecule has 2 aromatic rings. The number of aromatic amines is 1. The minimum atomic E-state index is -0.0570. The maximum Gasteiger partial charge on any atom is 0.261 e. The number of aliphatic imine (C=N–C) groups is 1. The van der Waals surface area contributed by atoms with Crippen LogP contribution in [-0.4, -0.2) is 21.3 Å². The molecule has 5 heteroatoms. The van der Waals surface area contributed by atoms with E-state index in [2.05, 4.69) is 15.3 Å². The van der Waals surface area contributed by atoms with Crippen molar-refractivity contribution in [3.8, 4) is 0 Å². The van der Waals surface area contributed by atoms with Crippen molar-refractivity contribution in [3.05, 3.63) is 30.5 Å². The summed E-state index contributed by atoms with van der Waals surface area (Å²) in [6.07, 6.45) is 1.91. The Morgan fingerprint density at radius 2 is 2.21 bits per heavy atom. The van der Waals surface area contributed by atoms with Gasteiger partial charge in [-0.25, -0.2) is 0 Å². The van der Waals surface area contributed by atoms with Gasteiger partial charge >= 0.3 is 0 Å². The molecular weight excluding hydrogens is 258 g/mol. The number of hydrogen-bond donors (Lipinski definition) is 2. The molecule has 0 saturated carbocycles. The molecule has 1 atom stereocenters. The second kappa shape index (κ2) is 4.74. The molecule has 3 rings (SSSR count). The van der Waals surface area contributed by atoms with Crippen molar-refractivity contribution in [1.82, 2.24) is 4.98 Å². The Balaban J connectivity index is 1.78. The van der Waals surface area contributed by atoms with E-state index in [9.17, 15) is 4.79 Å². The molecule has 98 valence electrons. The quantitative estimate of drug-likeness (QED) is 0.883. The van der Waals surface area contributed by atoms with Gasteiger partial charge in [0.25, 0.3) is 5.91 Å². The van der Waals surface area contributed by atoms with Crippen molar-refractivity contribution in [2.75, 3.05) is 5.32 Å². The summed E-state index contributed by atoms with van der Waals surface area (Å²) in [4.78, 5) is 19.0. The average Bonchev–Trinajstić information content (AvgIpc) is 2.95. The topological polar surface area (TPSA) is 57.2 Å². The van der Waals surface area contributed by atoms with Crippen molar-refractivity contribution in [2.45, 2.75) is 19.1 Å². The summed E-state index contributed by atoms with van der Waals surface area (Å²) in [7, 11) is 0. The zero-order chi connectivity index (χ0) is 13.4. The van der Waals surface area contributed by atoms with Gasteiger partial charge in [0.05, 0.1) is 5.25 Å². The molecule has 0 bridgehead atoms. The molecule has 1 aromatic heterocycles. The van der Waals surface area contributed by atoms with E-state index in [-0.39, 0.29) is 11.2 Å². The molecule has 1 aromatic carbocycles. The molecule has 1 aliphatic rings. The molecule has 2 N–H and O–H groups in total. The van der Waals surface area contributed by atoms with Gasteiger partial charge < -0.3 is 10.3 Å². The molecule has 0 spiro atoms. The fourth-order valence-electron chi connectivity index (χ4n) is 2.09. The Labute approximate surface area is 115 Å². The summed E-state index contributed by atoms with van der Waals surface area (Å²) in [5, 5.41) is 4.99. The monoisotopic (exact) mass is 273 g/mol. The summed E-state index contributed by atoms with van der Waals surface area (Å²) in [6.45, 7) is 4.08. The van der Waals surface area contributed by atoms with Crippen molar-refractivity contribution in [2.24, 2.45) is 10.9 Å². The van der Waals surface area contributed by atoms with Gasteiger partial charge in [-0.1, -0.05) is 25.6 Å². The molecular formula is C14H15N3OS. The highest BCUT2D eigenvalue weighted by molar-refractivity contribution is 8.15. The number of carbonyl (C=O) groups excluding carboxylic acids is 1. The van der Waals surface area contributed by atoms with Gasteiger partial charge in [-0.3, -0.25) is 4.79 Å². The highest BCUT2D eigenvalue weighted by Crippen LogP contribution is 2.29. The zero-order valence-corrected chi connectivity index (χ0v) is 11.6. The lowest BCUT2D eigenvalue weighted by Crippen LogP contribution is -2.17. The first-order valence-corrected chi connectivity index (χ1v) is 7.15. The number of amidine groups is 1. The Bertz CT molecular complexity index is 660. The summed E-state index contributed by atoms with van der Waals surface area (Å²) >= 11 is 1.51. The van der Waals surface area contributed by atoms with Crippen LogP contribution >= 0.6 is 11.8 Å². The number of nitrogens with zero attached hydrogens (tertiary/aromatic N) is 1. The lowest BCUT2D eigenvalue weighted by molar-refractivity contribution is -0.117. The van der Waals surface area contributed by atoms with Crippen molar-refractivity contribution >= 4 is 39.4 Å². The number of anilines is 1. The minimum Gasteiger partial charge on any atom is -0.361 e.